The Morgan fingerprint density at radius 2 is 2.05 bits per heavy atom. The molecule has 0 fully saturated rings. The molecule has 1 atom stereocenters. The van der Waals surface area contributed by atoms with Crippen LogP contribution in [0.1, 0.15) is 29.8 Å². The Hall–Kier alpha value is -1.17. The summed E-state index contributed by atoms with van der Waals surface area (Å²) in [5.41, 5.74) is 2.93. The third-order valence-electron chi connectivity index (χ3n) is 3.58. The third-order valence-corrected chi connectivity index (χ3v) is 4.19. The van der Waals surface area contributed by atoms with Crippen molar-refractivity contribution in [2.45, 2.75) is 26.0 Å². The van der Waals surface area contributed by atoms with Crippen molar-refractivity contribution in [1.82, 2.24) is 14.7 Å². The Labute approximate surface area is 134 Å². The van der Waals surface area contributed by atoms with E-state index in [0.717, 1.165) is 40.8 Å². The van der Waals surface area contributed by atoms with Crippen LogP contribution in [0.25, 0.3) is 0 Å². The maximum absolute atomic E-state index is 10.8. The maximum Gasteiger partial charge on any atom is 0.122 e. The molecule has 114 valence electrons. The quantitative estimate of drug-likeness (QED) is 0.869. The van der Waals surface area contributed by atoms with Crippen molar-refractivity contribution in [3.63, 3.8) is 0 Å². The SMILES string of the molecule is CCc1ccccc1C(O)c1c(Br)cnn1CCN(C)C. The van der Waals surface area contributed by atoms with Crippen molar-refractivity contribution in [1.29, 1.82) is 0 Å². The summed E-state index contributed by atoms with van der Waals surface area (Å²) in [5.74, 6) is 0. The largest absolute Gasteiger partial charge is 0.382 e. The first-order valence-corrected chi connectivity index (χ1v) is 7.95. The first kappa shape index (κ1) is 16.2. The van der Waals surface area contributed by atoms with Crippen molar-refractivity contribution < 1.29 is 5.11 Å². The molecule has 4 nitrogen and oxygen atoms in total. The summed E-state index contributed by atoms with van der Waals surface area (Å²) in [5, 5.41) is 15.2. The van der Waals surface area contributed by atoms with Crippen molar-refractivity contribution in [3.8, 4) is 0 Å². The van der Waals surface area contributed by atoms with Gasteiger partial charge >= 0.3 is 0 Å². The topological polar surface area (TPSA) is 41.3 Å². The summed E-state index contributed by atoms with van der Waals surface area (Å²) in [6.07, 6.45) is 1.99. The van der Waals surface area contributed by atoms with Gasteiger partial charge in [-0.2, -0.15) is 5.10 Å². The highest BCUT2D eigenvalue weighted by Crippen LogP contribution is 2.30. The summed E-state index contributed by atoms with van der Waals surface area (Å²) in [6.45, 7) is 3.73. The van der Waals surface area contributed by atoms with Gasteiger partial charge in [0.25, 0.3) is 0 Å². The molecule has 0 bridgehead atoms. The molecular formula is C16H22BrN3O. The summed E-state index contributed by atoms with van der Waals surface area (Å²) in [7, 11) is 4.06. The van der Waals surface area contributed by atoms with Crippen LogP contribution in [0.5, 0.6) is 0 Å². The zero-order valence-corrected chi connectivity index (χ0v) is 14.3. The predicted molar refractivity (Wildman–Crippen MR) is 88.4 cm³/mol. The van der Waals surface area contributed by atoms with Crippen LogP contribution in [0.15, 0.2) is 34.9 Å². The van der Waals surface area contributed by atoms with Crippen LogP contribution in [-0.4, -0.2) is 40.4 Å². The molecule has 1 unspecified atom stereocenters. The number of aliphatic hydroxyl groups is 1. The lowest BCUT2D eigenvalue weighted by Gasteiger charge is -2.18. The summed E-state index contributed by atoms with van der Waals surface area (Å²) >= 11 is 3.51. The van der Waals surface area contributed by atoms with Gasteiger partial charge in [0.2, 0.25) is 0 Å². The molecule has 2 aromatic rings. The van der Waals surface area contributed by atoms with Gasteiger partial charge in [0.05, 0.1) is 22.9 Å². The Bertz CT molecular complexity index is 595. The standard InChI is InChI=1S/C16H22BrN3O/c1-4-12-7-5-6-8-13(12)16(21)15-14(17)11-18-20(15)10-9-19(2)3/h5-8,11,16,21H,4,9-10H2,1-3H3. The molecule has 0 amide bonds. The molecule has 0 aliphatic carbocycles. The first-order chi connectivity index (χ1) is 10.0. The molecule has 1 N–H and O–H groups in total. The first-order valence-electron chi connectivity index (χ1n) is 7.16. The molecule has 1 heterocycles. The lowest BCUT2D eigenvalue weighted by molar-refractivity contribution is 0.204. The normalized spacial score (nSPS) is 12.9. The van der Waals surface area contributed by atoms with Crippen LogP contribution in [0.3, 0.4) is 0 Å². The highest BCUT2D eigenvalue weighted by atomic mass is 79.9. The van der Waals surface area contributed by atoms with Gasteiger partial charge < -0.3 is 10.0 Å². The molecular weight excluding hydrogens is 330 g/mol. The number of benzene rings is 1. The molecule has 0 saturated heterocycles. The zero-order chi connectivity index (χ0) is 15.4. The minimum Gasteiger partial charge on any atom is -0.382 e. The fourth-order valence-electron chi connectivity index (χ4n) is 2.39. The summed E-state index contributed by atoms with van der Waals surface area (Å²) in [6, 6.07) is 8.02. The van der Waals surface area contributed by atoms with E-state index < -0.39 is 6.10 Å². The van der Waals surface area contributed by atoms with Gasteiger partial charge in [-0.3, -0.25) is 4.68 Å². The van der Waals surface area contributed by atoms with Crippen molar-refractivity contribution >= 4 is 15.9 Å². The number of hydrogen-bond donors (Lipinski definition) is 1. The Balaban J connectivity index is 2.34. The lowest BCUT2D eigenvalue weighted by Crippen LogP contribution is -2.21. The lowest BCUT2D eigenvalue weighted by atomic mass is 9.98. The van der Waals surface area contributed by atoms with Gasteiger partial charge in [-0.05, 0) is 47.6 Å². The number of nitrogens with zero attached hydrogens (tertiary/aromatic N) is 3. The maximum atomic E-state index is 10.8. The van der Waals surface area contributed by atoms with Gasteiger partial charge in [-0.25, -0.2) is 0 Å². The van der Waals surface area contributed by atoms with E-state index in [-0.39, 0.29) is 0 Å². The fourth-order valence-corrected chi connectivity index (χ4v) is 2.90. The van der Waals surface area contributed by atoms with E-state index in [0.29, 0.717) is 0 Å². The second kappa shape index (κ2) is 7.20. The van der Waals surface area contributed by atoms with E-state index >= 15 is 0 Å². The zero-order valence-electron chi connectivity index (χ0n) is 12.8. The highest BCUT2D eigenvalue weighted by Gasteiger charge is 2.21. The van der Waals surface area contributed by atoms with Crippen LogP contribution in [-0.2, 0) is 13.0 Å². The molecule has 0 saturated carbocycles. The van der Waals surface area contributed by atoms with E-state index in [9.17, 15) is 5.11 Å². The second-order valence-electron chi connectivity index (χ2n) is 5.36. The van der Waals surface area contributed by atoms with E-state index in [1.165, 1.54) is 0 Å². The van der Waals surface area contributed by atoms with Gasteiger partial charge in [0.15, 0.2) is 0 Å². The molecule has 0 radical (unpaired) electrons. The predicted octanol–water partition coefficient (Wildman–Crippen LogP) is 2.85. The summed E-state index contributed by atoms with van der Waals surface area (Å²) < 4.78 is 2.72. The monoisotopic (exact) mass is 351 g/mol. The van der Waals surface area contributed by atoms with Crippen molar-refractivity contribution in [3.05, 3.63) is 51.8 Å². The van der Waals surface area contributed by atoms with E-state index in [2.05, 4.69) is 38.9 Å². The Morgan fingerprint density at radius 3 is 2.71 bits per heavy atom. The smallest absolute Gasteiger partial charge is 0.122 e. The molecule has 21 heavy (non-hydrogen) atoms. The van der Waals surface area contributed by atoms with Crippen LogP contribution >= 0.6 is 15.9 Å². The molecule has 1 aromatic heterocycles. The number of likely N-dealkylation sites (N-methyl/N-ethyl adjacent to an activating group) is 1. The van der Waals surface area contributed by atoms with Gasteiger partial charge in [-0.1, -0.05) is 31.2 Å². The van der Waals surface area contributed by atoms with Gasteiger partial charge in [-0.15, -0.1) is 0 Å². The average molecular weight is 352 g/mol. The van der Waals surface area contributed by atoms with Crippen LogP contribution in [0.4, 0.5) is 0 Å². The minimum absolute atomic E-state index is 0.666. The molecule has 0 aliphatic heterocycles. The number of aromatic nitrogens is 2. The van der Waals surface area contributed by atoms with E-state index in [4.69, 9.17) is 0 Å². The Morgan fingerprint density at radius 1 is 1.33 bits per heavy atom. The average Bonchev–Trinajstić information content (AvgIpc) is 2.85. The van der Waals surface area contributed by atoms with Crippen molar-refractivity contribution in [2.75, 3.05) is 20.6 Å². The molecule has 5 heteroatoms. The van der Waals surface area contributed by atoms with Crippen LogP contribution < -0.4 is 0 Å². The van der Waals surface area contributed by atoms with E-state index in [1.807, 2.05) is 37.0 Å². The second-order valence-corrected chi connectivity index (χ2v) is 6.21. The van der Waals surface area contributed by atoms with Crippen molar-refractivity contribution in [2.24, 2.45) is 0 Å². The third kappa shape index (κ3) is 3.73. The number of halogens is 1. The fraction of sp³-hybridized carbons (Fsp3) is 0.438. The molecule has 0 spiro atoms. The van der Waals surface area contributed by atoms with Gasteiger partial charge in [0.1, 0.15) is 6.10 Å². The van der Waals surface area contributed by atoms with Crippen LogP contribution in [0, 0.1) is 0 Å². The Kier molecular flexibility index (Phi) is 5.56. The molecule has 0 aliphatic rings. The number of aryl methyl sites for hydroxylation is 1. The summed E-state index contributed by atoms with van der Waals surface area (Å²) in [4.78, 5) is 2.10. The highest BCUT2D eigenvalue weighted by molar-refractivity contribution is 9.10. The number of aliphatic hydroxyl groups excluding tert-OH is 1. The molecule has 2 rings (SSSR count). The number of hydrogen-bond acceptors (Lipinski definition) is 3. The minimum atomic E-state index is -0.666. The number of rotatable bonds is 6. The van der Waals surface area contributed by atoms with E-state index in [1.54, 1.807) is 6.20 Å². The van der Waals surface area contributed by atoms with Crippen LogP contribution in [0.2, 0.25) is 0 Å². The van der Waals surface area contributed by atoms with Gasteiger partial charge in [0, 0.05) is 6.54 Å². The molecule has 1 aromatic carbocycles.